The van der Waals surface area contributed by atoms with Crippen molar-refractivity contribution >= 4 is 23.9 Å². The Bertz CT molecular complexity index is 962. The van der Waals surface area contributed by atoms with Crippen molar-refractivity contribution in [2.45, 2.75) is 112 Å². The molecule has 6 atom stereocenters. The Morgan fingerprint density at radius 3 is 1.69 bits per heavy atom. The van der Waals surface area contributed by atoms with Gasteiger partial charge in [0.05, 0.1) is 5.92 Å². The van der Waals surface area contributed by atoms with Crippen LogP contribution in [0.25, 0.3) is 0 Å². The van der Waals surface area contributed by atoms with E-state index < -0.39 is 36.2 Å². The van der Waals surface area contributed by atoms with Gasteiger partial charge < -0.3 is 24.7 Å². The Morgan fingerprint density at radius 1 is 0.718 bits per heavy atom. The summed E-state index contributed by atoms with van der Waals surface area (Å²) in [5, 5.41) is 0. The molecule has 0 saturated heterocycles. The van der Waals surface area contributed by atoms with Gasteiger partial charge >= 0.3 is 23.9 Å². The van der Waals surface area contributed by atoms with Crippen molar-refractivity contribution in [2.75, 3.05) is 0 Å². The van der Waals surface area contributed by atoms with Crippen LogP contribution >= 0.6 is 0 Å². The van der Waals surface area contributed by atoms with Crippen LogP contribution in [0.3, 0.4) is 0 Å². The number of carbonyl (C=O) groups excluding carboxylic acids is 4. The largest absolute Gasteiger partial charge is 0.459 e. The van der Waals surface area contributed by atoms with E-state index in [4.69, 9.17) is 24.7 Å². The van der Waals surface area contributed by atoms with E-state index in [9.17, 15) is 19.2 Å². The van der Waals surface area contributed by atoms with Crippen LogP contribution < -0.4 is 15.2 Å². The van der Waals surface area contributed by atoms with Crippen LogP contribution in [0.15, 0.2) is 18.2 Å². The highest BCUT2D eigenvalue weighted by molar-refractivity contribution is 5.78. The number of hydrogen-bond acceptors (Lipinski definition) is 9. The minimum Gasteiger partial charge on any atom is -0.459 e. The van der Waals surface area contributed by atoms with Gasteiger partial charge in [0.2, 0.25) is 0 Å². The first-order chi connectivity index (χ1) is 18.3. The fourth-order valence-corrected chi connectivity index (χ4v) is 3.30. The summed E-state index contributed by atoms with van der Waals surface area (Å²) in [5.41, 5.74) is 6.71. The van der Waals surface area contributed by atoms with Crippen LogP contribution in [0.1, 0.15) is 93.1 Å². The fraction of sp³-hybridized carbons (Fsp3) is 0.667. The van der Waals surface area contributed by atoms with E-state index in [1.54, 1.807) is 32.9 Å². The topological polar surface area (TPSA) is 131 Å². The third kappa shape index (κ3) is 12.2. The third-order valence-electron chi connectivity index (χ3n) is 6.92. The highest BCUT2D eigenvalue weighted by Crippen LogP contribution is 2.31. The van der Waals surface area contributed by atoms with Crippen molar-refractivity contribution in [1.29, 1.82) is 0 Å². The SMILES string of the molecule is CCC(C)CC(=O)Oc1ccc(C[C@H](N)C(=O)O[C@@H](C)C(C)OC(=O)C(C)CC)cc1OC(=O)CC(C)CC. The van der Waals surface area contributed by atoms with Crippen molar-refractivity contribution in [3.05, 3.63) is 23.8 Å². The molecular formula is C30H47NO8. The van der Waals surface area contributed by atoms with Crippen LogP contribution in [-0.4, -0.2) is 42.1 Å². The second kappa shape index (κ2) is 16.9. The molecule has 9 heteroatoms. The van der Waals surface area contributed by atoms with Crippen LogP contribution in [0.4, 0.5) is 0 Å². The molecule has 0 radical (unpaired) electrons. The number of esters is 4. The number of carbonyl (C=O) groups is 4. The van der Waals surface area contributed by atoms with Crippen molar-refractivity contribution < 1.29 is 38.1 Å². The average Bonchev–Trinajstić information content (AvgIpc) is 2.88. The molecule has 1 aromatic carbocycles. The molecule has 0 amide bonds. The second-order valence-corrected chi connectivity index (χ2v) is 10.6. The summed E-state index contributed by atoms with van der Waals surface area (Å²) in [6.45, 7) is 14.8. The van der Waals surface area contributed by atoms with Gasteiger partial charge in [0, 0.05) is 12.8 Å². The van der Waals surface area contributed by atoms with Gasteiger partial charge in [0.1, 0.15) is 18.2 Å². The summed E-state index contributed by atoms with van der Waals surface area (Å²) in [6, 6.07) is 3.72. The molecule has 0 aliphatic rings. The fourth-order valence-electron chi connectivity index (χ4n) is 3.30. The van der Waals surface area contributed by atoms with Crippen LogP contribution in [0, 0.1) is 17.8 Å². The maximum Gasteiger partial charge on any atom is 0.323 e. The standard InChI is InChI=1S/C30H47NO8/c1-9-18(4)14-27(32)38-25-13-12-23(17-26(25)39-28(33)15-19(5)10-2)16-24(31)30(35)37-22(8)21(7)36-29(34)20(6)11-3/h12-13,17-22,24H,9-11,14-16,31H2,1-8H3/t18?,19?,20?,21?,22-,24-/m0/s1. The first-order valence-electron chi connectivity index (χ1n) is 14.0. The summed E-state index contributed by atoms with van der Waals surface area (Å²) in [4.78, 5) is 49.6. The molecular weight excluding hydrogens is 502 g/mol. The first-order valence-corrected chi connectivity index (χ1v) is 14.0. The predicted molar refractivity (Wildman–Crippen MR) is 148 cm³/mol. The first kappa shape index (κ1) is 34.1. The Kier molecular flexibility index (Phi) is 14.8. The number of hydrogen-bond donors (Lipinski definition) is 1. The van der Waals surface area contributed by atoms with Crippen LogP contribution in [0.2, 0.25) is 0 Å². The van der Waals surface area contributed by atoms with Crippen molar-refractivity contribution in [2.24, 2.45) is 23.5 Å². The van der Waals surface area contributed by atoms with Gasteiger partial charge in [-0.05, 0) is 56.2 Å². The molecule has 4 unspecified atom stereocenters. The van der Waals surface area contributed by atoms with E-state index in [1.165, 1.54) is 6.07 Å². The molecule has 2 N–H and O–H groups in total. The van der Waals surface area contributed by atoms with Crippen LogP contribution in [-0.2, 0) is 35.1 Å². The van der Waals surface area contributed by atoms with Gasteiger partial charge in [0.25, 0.3) is 0 Å². The third-order valence-corrected chi connectivity index (χ3v) is 6.92. The summed E-state index contributed by atoms with van der Waals surface area (Å²) in [5.74, 6) is -1.61. The zero-order valence-electron chi connectivity index (χ0n) is 24.8. The molecule has 1 rings (SSSR count). The van der Waals surface area contributed by atoms with E-state index in [1.807, 2.05) is 34.6 Å². The lowest BCUT2D eigenvalue weighted by Gasteiger charge is -2.23. The summed E-state index contributed by atoms with van der Waals surface area (Å²) < 4.78 is 21.9. The Labute approximate surface area is 233 Å². The normalized spacial score (nSPS) is 15.7. The zero-order chi connectivity index (χ0) is 29.7. The number of benzene rings is 1. The maximum absolute atomic E-state index is 12.7. The summed E-state index contributed by atoms with van der Waals surface area (Å²) >= 11 is 0. The average molecular weight is 550 g/mol. The Hall–Kier alpha value is -2.94. The highest BCUT2D eigenvalue weighted by atomic mass is 16.6. The Balaban J connectivity index is 2.96. The lowest BCUT2D eigenvalue weighted by atomic mass is 10.0. The van der Waals surface area contributed by atoms with Gasteiger partial charge in [-0.1, -0.05) is 60.5 Å². The quantitative estimate of drug-likeness (QED) is 0.220. The molecule has 0 spiro atoms. The lowest BCUT2D eigenvalue weighted by molar-refractivity contribution is -0.168. The number of ether oxygens (including phenoxy) is 4. The molecule has 1 aromatic rings. The molecule has 0 aliphatic carbocycles. The van der Waals surface area contributed by atoms with Crippen molar-refractivity contribution in [1.82, 2.24) is 0 Å². The molecule has 0 saturated carbocycles. The molecule has 0 heterocycles. The molecule has 0 aromatic heterocycles. The van der Waals surface area contributed by atoms with Crippen molar-refractivity contribution in [3.8, 4) is 11.5 Å². The Morgan fingerprint density at radius 2 is 1.21 bits per heavy atom. The lowest BCUT2D eigenvalue weighted by Crippen LogP contribution is -2.40. The predicted octanol–water partition coefficient (Wildman–Crippen LogP) is 5.15. The van der Waals surface area contributed by atoms with E-state index in [-0.39, 0.29) is 54.5 Å². The van der Waals surface area contributed by atoms with E-state index >= 15 is 0 Å². The van der Waals surface area contributed by atoms with Gasteiger partial charge in [-0.25, -0.2) is 0 Å². The number of nitrogens with two attached hydrogens (primary N) is 1. The number of rotatable bonds is 16. The minimum atomic E-state index is -1.02. The van der Waals surface area contributed by atoms with Crippen LogP contribution in [0.5, 0.6) is 11.5 Å². The van der Waals surface area contributed by atoms with E-state index in [0.29, 0.717) is 12.0 Å². The molecule has 220 valence electrons. The molecule has 39 heavy (non-hydrogen) atoms. The van der Waals surface area contributed by atoms with Gasteiger partial charge in [-0.3, -0.25) is 19.2 Å². The molecule has 0 bridgehead atoms. The van der Waals surface area contributed by atoms with Gasteiger partial charge in [-0.15, -0.1) is 0 Å². The maximum atomic E-state index is 12.7. The summed E-state index contributed by atoms with van der Waals surface area (Å²) in [7, 11) is 0. The molecule has 0 aliphatic heterocycles. The van der Waals surface area contributed by atoms with E-state index in [2.05, 4.69) is 0 Å². The van der Waals surface area contributed by atoms with Gasteiger partial charge in [0.15, 0.2) is 11.5 Å². The van der Waals surface area contributed by atoms with E-state index in [0.717, 1.165) is 12.8 Å². The zero-order valence-corrected chi connectivity index (χ0v) is 24.8. The summed E-state index contributed by atoms with van der Waals surface area (Å²) in [6.07, 6.45) is 1.50. The highest BCUT2D eigenvalue weighted by Gasteiger charge is 2.26. The second-order valence-electron chi connectivity index (χ2n) is 10.6. The molecule has 9 nitrogen and oxygen atoms in total. The minimum absolute atomic E-state index is 0.0869. The van der Waals surface area contributed by atoms with Crippen molar-refractivity contribution in [3.63, 3.8) is 0 Å². The smallest absolute Gasteiger partial charge is 0.323 e. The molecule has 0 fully saturated rings. The monoisotopic (exact) mass is 549 g/mol. The van der Waals surface area contributed by atoms with Gasteiger partial charge in [-0.2, -0.15) is 0 Å².